The predicted octanol–water partition coefficient (Wildman–Crippen LogP) is -4.21. The Kier molecular flexibility index (Phi) is 9.97. The van der Waals surface area contributed by atoms with Crippen molar-refractivity contribution in [3.63, 3.8) is 0 Å². The Labute approximate surface area is 230 Å². The number of aliphatic hydroxyl groups excluding tert-OH is 2. The smallest absolute Gasteiger partial charge is 0.124 e. The number of fused-ring (bicyclic) bond motifs is 4. The van der Waals surface area contributed by atoms with E-state index in [9.17, 15) is 19.8 Å². The highest BCUT2D eigenvalue weighted by Gasteiger charge is 2.17. The Balaban J connectivity index is 0.000000143. The van der Waals surface area contributed by atoms with Crippen LogP contribution in [-0.4, -0.2) is 80.5 Å². The summed E-state index contributed by atoms with van der Waals surface area (Å²) in [5.74, 6) is -4.12. The summed E-state index contributed by atoms with van der Waals surface area (Å²) in [5, 5.41) is 40.5. The number of carboxylic acid groups (broad SMARTS) is 2. The number of aliphatic carboxylic acids is 2. The second-order valence-electron chi connectivity index (χ2n) is 9.59. The maximum Gasteiger partial charge on any atom is 0.124 e. The zero-order valence-corrected chi connectivity index (χ0v) is 21.9. The lowest BCUT2D eigenvalue weighted by atomic mass is 10.0. The molecule has 12 nitrogen and oxygen atoms in total. The van der Waals surface area contributed by atoms with Crippen LogP contribution in [0.4, 0.5) is 0 Å². The third kappa shape index (κ3) is 7.51. The van der Waals surface area contributed by atoms with Gasteiger partial charge in [0.1, 0.15) is 12.2 Å². The van der Waals surface area contributed by atoms with E-state index >= 15 is 0 Å². The molecule has 4 aromatic rings. The van der Waals surface area contributed by atoms with E-state index in [1.165, 1.54) is 48.4 Å². The Morgan fingerprint density at radius 2 is 0.825 bits per heavy atom. The van der Waals surface area contributed by atoms with E-state index in [1.54, 1.807) is 24.8 Å². The molecule has 6 rings (SSSR count). The fourth-order valence-electron chi connectivity index (χ4n) is 4.70. The molecular formula is C28H32N6O6. The molecule has 2 aromatic heterocycles. The first-order valence-corrected chi connectivity index (χ1v) is 13.2. The Morgan fingerprint density at radius 1 is 0.575 bits per heavy atom. The first-order chi connectivity index (χ1) is 19.3. The van der Waals surface area contributed by atoms with E-state index in [0.717, 1.165) is 47.8 Å². The Hall–Kier alpha value is -4.10. The average Bonchev–Trinajstić information content (AvgIpc) is 3.34. The summed E-state index contributed by atoms with van der Waals surface area (Å²) in [6.45, 7) is 4.77. The molecule has 210 valence electrons. The average molecular weight is 549 g/mol. The maximum absolute atomic E-state index is 9.63. The van der Waals surface area contributed by atoms with Crippen molar-refractivity contribution in [3.05, 3.63) is 71.3 Å². The molecule has 0 spiro atoms. The van der Waals surface area contributed by atoms with Crippen molar-refractivity contribution in [1.82, 2.24) is 19.9 Å². The predicted molar refractivity (Wildman–Crippen MR) is 139 cm³/mol. The van der Waals surface area contributed by atoms with Crippen molar-refractivity contribution in [2.45, 2.75) is 37.9 Å². The number of nitrogens with zero attached hydrogens (tertiary/aromatic N) is 4. The summed E-state index contributed by atoms with van der Waals surface area (Å²) in [5.41, 5.74) is 9.93. The molecule has 0 saturated heterocycles. The largest absolute Gasteiger partial charge is 0.547 e. The van der Waals surface area contributed by atoms with Gasteiger partial charge in [-0.15, -0.1) is 0 Å². The number of carbonyl (C=O) groups excluding carboxylic acids is 2. The number of quaternary nitrogens is 2. The summed E-state index contributed by atoms with van der Waals surface area (Å²) in [6.07, 6.45) is 6.78. The van der Waals surface area contributed by atoms with E-state index in [-0.39, 0.29) is 0 Å². The summed E-state index contributed by atoms with van der Waals surface area (Å²) in [7, 11) is 0. The van der Waals surface area contributed by atoms with Gasteiger partial charge in [-0.2, -0.15) is 0 Å². The van der Waals surface area contributed by atoms with Crippen molar-refractivity contribution in [1.29, 1.82) is 0 Å². The number of benzene rings is 2. The molecule has 12 heteroatoms. The lowest BCUT2D eigenvalue weighted by molar-refractivity contribution is -0.652. The molecule has 40 heavy (non-hydrogen) atoms. The Morgan fingerprint density at radius 3 is 1.05 bits per heavy atom. The molecule has 0 radical (unpaired) electrons. The first kappa shape index (κ1) is 28.9. The molecule has 2 aliphatic heterocycles. The summed E-state index contributed by atoms with van der Waals surface area (Å²) < 4.78 is 0. The minimum Gasteiger partial charge on any atom is -0.547 e. The lowest BCUT2D eigenvalue weighted by Crippen LogP contribution is -2.84. The van der Waals surface area contributed by atoms with Crippen LogP contribution in [0.2, 0.25) is 0 Å². The third-order valence-corrected chi connectivity index (χ3v) is 6.83. The quantitative estimate of drug-likeness (QED) is 0.194. The molecule has 0 aliphatic carbocycles. The van der Waals surface area contributed by atoms with Gasteiger partial charge in [0.15, 0.2) is 0 Å². The van der Waals surface area contributed by atoms with Crippen LogP contribution in [0.5, 0.6) is 0 Å². The van der Waals surface area contributed by atoms with Crippen LogP contribution in [0.1, 0.15) is 22.3 Å². The molecule has 2 aromatic carbocycles. The molecular weight excluding hydrogens is 516 g/mol. The van der Waals surface area contributed by atoms with Gasteiger partial charge in [0.25, 0.3) is 0 Å². The number of carboxylic acids is 2. The Bertz CT molecular complexity index is 1280. The van der Waals surface area contributed by atoms with Crippen molar-refractivity contribution < 1.29 is 40.6 Å². The standard InChI is InChI=1S/2C12H13N3.C4H6O6/c2*1-3-13-4-2-10-8-12-11(7-9(1)10)14-5-6-15-12;5-1(3(7)8)2(6)4(9)10/h2*5-8,13H,1-4H2;1-2,5-6H,(H,7,8)(H,9,10)/t;;1-,2-/m..1/s1. The van der Waals surface area contributed by atoms with Crippen LogP contribution in [0.15, 0.2) is 49.1 Å². The minimum absolute atomic E-state index is 1.03. The zero-order valence-electron chi connectivity index (χ0n) is 21.9. The van der Waals surface area contributed by atoms with Crippen LogP contribution < -0.4 is 20.8 Å². The number of carbonyl (C=O) groups is 2. The number of hydrogen-bond donors (Lipinski definition) is 4. The lowest BCUT2D eigenvalue weighted by Gasteiger charge is -2.18. The van der Waals surface area contributed by atoms with Crippen molar-refractivity contribution in [3.8, 4) is 0 Å². The van der Waals surface area contributed by atoms with E-state index in [0.29, 0.717) is 0 Å². The fourth-order valence-corrected chi connectivity index (χ4v) is 4.70. The van der Waals surface area contributed by atoms with Crippen molar-refractivity contribution in [2.24, 2.45) is 0 Å². The second kappa shape index (κ2) is 13.8. The van der Waals surface area contributed by atoms with E-state index in [4.69, 9.17) is 10.2 Å². The minimum atomic E-state index is -2.44. The third-order valence-electron chi connectivity index (χ3n) is 6.83. The normalized spacial score (nSPS) is 15.9. The van der Waals surface area contributed by atoms with Crippen LogP contribution in [0, 0.1) is 0 Å². The monoisotopic (exact) mass is 548 g/mol. The van der Waals surface area contributed by atoms with Gasteiger partial charge in [-0.1, -0.05) is 0 Å². The zero-order chi connectivity index (χ0) is 28.5. The van der Waals surface area contributed by atoms with Gasteiger partial charge in [-0.3, -0.25) is 19.9 Å². The van der Waals surface area contributed by atoms with Gasteiger partial charge in [0.05, 0.1) is 60.2 Å². The number of rotatable bonds is 3. The number of hydrogen-bond acceptors (Lipinski definition) is 10. The maximum atomic E-state index is 9.63. The van der Waals surface area contributed by atoms with E-state index < -0.39 is 24.1 Å². The molecule has 0 saturated carbocycles. The topological polar surface area (TPSA) is 206 Å². The van der Waals surface area contributed by atoms with Crippen LogP contribution in [0.3, 0.4) is 0 Å². The fraction of sp³-hybridized carbons (Fsp3) is 0.357. The van der Waals surface area contributed by atoms with Gasteiger partial charge in [0, 0.05) is 50.5 Å². The summed E-state index contributed by atoms with van der Waals surface area (Å²) >= 11 is 0. The SMILES string of the molecule is O=C([O-])[C@H](O)[C@@H](O)C(=O)[O-].c1cnc2cc3c(cc2n1)CC[NH2+]CC3.c1cnc2cc3c(cc2n1)CC[NH2+]CC3. The highest BCUT2D eigenvalue weighted by atomic mass is 16.4. The van der Waals surface area contributed by atoms with E-state index in [1.807, 2.05) is 0 Å². The van der Waals surface area contributed by atoms with Gasteiger partial charge in [0.2, 0.25) is 0 Å². The highest BCUT2D eigenvalue weighted by molar-refractivity contribution is 5.81. The summed E-state index contributed by atoms with van der Waals surface area (Å²) in [4.78, 5) is 36.7. The molecule has 6 N–H and O–H groups in total. The number of aliphatic hydroxyl groups is 2. The van der Waals surface area contributed by atoms with Gasteiger partial charge < -0.3 is 40.6 Å². The summed E-state index contributed by atoms with van der Waals surface area (Å²) in [6, 6.07) is 8.82. The van der Waals surface area contributed by atoms with Crippen LogP contribution >= 0.6 is 0 Å². The molecule has 0 unspecified atom stereocenters. The molecule has 0 amide bonds. The number of nitrogens with two attached hydrogens (primary N) is 2. The molecule has 0 fully saturated rings. The van der Waals surface area contributed by atoms with Gasteiger partial charge in [-0.25, -0.2) is 0 Å². The highest BCUT2D eigenvalue weighted by Crippen LogP contribution is 2.19. The molecule has 0 bridgehead atoms. The van der Waals surface area contributed by atoms with Crippen molar-refractivity contribution in [2.75, 3.05) is 26.2 Å². The second-order valence-corrected chi connectivity index (χ2v) is 9.59. The van der Waals surface area contributed by atoms with Gasteiger partial charge >= 0.3 is 0 Å². The first-order valence-electron chi connectivity index (χ1n) is 13.2. The van der Waals surface area contributed by atoms with Crippen molar-refractivity contribution >= 4 is 34.0 Å². The van der Waals surface area contributed by atoms with E-state index in [2.05, 4.69) is 54.8 Å². The molecule has 2 atom stereocenters. The molecule has 4 heterocycles. The van der Waals surface area contributed by atoms with Crippen LogP contribution in [-0.2, 0) is 35.3 Å². The van der Waals surface area contributed by atoms with Crippen LogP contribution in [0.25, 0.3) is 22.1 Å². The van der Waals surface area contributed by atoms with Gasteiger partial charge in [-0.05, 0) is 46.5 Å². The molecule has 2 aliphatic rings. The number of aromatic nitrogens is 4.